The highest BCUT2D eigenvalue weighted by molar-refractivity contribution is 5.74. The van der Waals surface area contributed by atoms with E-state index in [1.54, 1.807) is 0 Å². The Bertz CT molecular complexity index is 561. The summed E-state index contributed by atoms with van der Waals surface area (Å²) in [5, 5.41) is 9.03. The number of nitriles is 1. The van der Waals surface area contributed by atoms with Gasteiger partial charge in [-0.1, -0.05) is 37.6 Å². The van der Waals surface area contributed by atoms with Crippen LogP contribution in [-0.2, 0) is 6.42 Å². The molecule has 1 heterocycles. The maximum atomic E-state index is 9.03. The number of aryl methyl sites for hydroxylation is 1. The zero-order chi connectivity index (χ0) is 13.0. The number of benzene rings is 1. The van der Waals surface area contributed by atoms with Gasteiger partial charge in [-0.05, 0) is 24.0 Å². The van der Waals surface area contributed by atoms with Crippen LogP contribution in [0.5, 0.6) is 0 Å². The predicted molar refractivity (Wildman–Crippen MR) is 71.9 cm³/mol. The Hall–Kier alpha value is -2.21. The smallest absolute Gasteiger partial charge is 0.208 e. The first kappa shape index (κ1) is 12.3. The van der Waals surface area contributed by atoms with Gasteiger partial charge in [-0.2, -0.15) is 5.26 Å². The molecule has 0 atom stereocenters. The van der Waals surface area contributed by atoms with Crippen LogP contribution in [0.2, 0.25) is 0 Å². The normalized spacial score (nSPS) is 10.2. The first-order valence-corrected chi connectivity index (χ1v) is 6.12. The standard InChI is InChI=1S/C15H16N2O/c1-2-3-4-11-5-7-12(8-6-11)14-10-18-15(17)13(14)9-16/h5-8,10H,2-4,17H2,1H3. The van der Waals surface area contributed by atoms with Gasteiger partial charge in [0.15, 0.2) is 0 Å². The van der Waals surface area contributed by atoms with Crippen LogP contribution < -0.4 is 5.73 Å². The molecule has 3 nitrogen and oxygen atoms in total. The van der Waals surface area contributed by atoms with Gasteiger partial charge in [0.05, 0.1) is 0 Å². The Morgan fingerprint density at radius 2 is 2.00 bits per heavy atom. The van der Waals surface area contributed by atoms with Crippen molar-refractivity contribution in [3.05, 3.63) is 41.7 Å². The van der Waals surface area contributed by atoms with Crippen molar-refractivity contribution in [2.45, 2.75) is 26.2 Å². The van der Waals surface area contributed by atoms with E-state index in [1.165, 1.54) is 24.7 Å². The maximum Gasteiger partial charge on any atom is 0.208 e. The molecule has 0 aliphatic rings. The van der Waals surface area contributed by atoms with Gasteiger partial charge in [0.2, 0.25) is 5.88 Å². The number of anilines is 1. The van der Waals surface area contributed by atoms with Crippen molar-refractivity contribution in [2.24, 2.45) is 0 Å². The molecule has 2 rings (SSSR count). The molecule has 2 N–H and O–H groups in total. The van der Waals surface area contributed by atoms with Gasteiger partial charge >= 0.3 is 0 Å². The molecule has 0 aliphatic heterocycles. The number of nitrogens with zero attached hydrogens (tertiary/aromatic N) is 1. The second-order valence-electron chi connectivity index (χ2n) is 4.30. The molecular formula is C15H16N2O. The van der Waals surface area contributed by atoms with Gasteiger partial charge in [-0.3, -0.25) is 0 Å². The third kappa shape index (κ3) is 2.38. The van der Waals surface area contributed by atoms with E-state index in [0.717, 1.165) is 17.5 Å². The van der Waals surface area contributed by atoms with Crippen molar-refractivity contribution in [1.82, 2.24) is 0 Å². The van der Waals surface area contributed by atoms with E-state index in [4.69, 9.17) is 15.4 Å². The second kappa shape index (κ2) is 5.42. The van der Waals surface area contributed by atoms with E-state index in [2.05, 4.69) is 25.1 Å². The van der Waals surface area contributed by atoms with Crippen LogP contribution in [0.15, 0.2) is 34.9 Å². The molecule has 18 heavy (non-hydrogen) atoms. The summed E-state index contributed by atoms with van der Waals surface area (Å²) in [5.41, 5.74) is 9.05. The number of hydrogen-bond acceptors (Lipinski definition) is 3. The van der Waals surface area contributed by atoms with Crippen LogP contribution in [0, 0.1) is 11.3 Å². The Kier molecular flexibility index (Phi) is 3.69. The Morgan fingerprint density at radius 1 is 1.28 bits per heavy atom. The van der Waals surface area contributed by atoms with E-state index >= 15 is 0 Å². The molecule has 0 bridgehead atoms. The minimum atomic E-state index is 0.183. The van der Waals surface area contributed by atoms with Crippen molar-refractivity contribution in [1.29, 1.82) is 5.26 Å². The lowest BCUT2D eigenvalue weighted by Gasteiger charge is -2.02. The molecular weight excluding hydrogens is 224 g/mol. The zero-order valence-corrected chi connectivity index (χ0v) is 10.4. The molecule has 0 saturated heterocycles. The topological polar surface area (TPSA) is 62.9 Å². The van der Waals surface area contributed by atoms with E-state index in [1.807, 2.05) is 12.1 Å². The molecule has 0 unspecified atom stereocenters. The Morgan fingerprint density at radius 3 is 2.61 bits per heavy atom. The van der Waals surface area contributed by atoms with Crippen LogP contribution in [0.25, 0.3) is 11.1 Å². The Labute approximate surface area is 107 Å². The first-order chi connectivity index (χ1) is 8.76. The molecule has 0 radical (unpaired) electrons. The number of nitrogen functional groups attached to an aromatic ring is 1. The Balaban J connectivity index is 2.26. The number of furan rings is 1. The highest BCUT2D eigenvalue weighted by Gasteiger charge is 2.12. The molecule has 92 valence electrons. The maximum absolute atomic E-state index is 9.03. The number of nitrogens with two attached hydrogens (primary N) is 1. The predicted octanol–water partition coefficient (Wildman–Crippen LogP) is 3.74. The largest absolute Gasteiger partial charge is 0.447 e. The lowest BCUT2D eigenvalue weighted by molar-refractivity contribution is 0.588. The third-order valence-corrected chi connectivity index (χ3v) is 3.02. The first-order valence-electron chi connectivity index (χ1n) is 6.12. The molecule has 0 saturated carbocycles. The summed E-state index contributed by atoms with van der Waals surface area (Å²) in [6.45, 7) is 2.18. The fraction of sp³-hybridized carbons (Fsp3) is 0.267. The summed E-state index contributed by atoms with van der Waals surface area (Å²) in [5.74, 6) is 0.183. The molecule has 3 heteroatoms. The van der Waals surface area contributed by atoms with Crippen molar-refractivity contribution in [2.75, 3.05) is 5.73 Å². The average molecular weight is 240 g/mol. The molecule has 0 spiro atoms. The highest BCUT2D eigenvalue weighted by Crippen LogP contribution is 2.29. The summed E-state index contributed by atoms with van der Waals surface area (Å²) >= 11 is 0. The van der Waals surface area contributed by atoms with Crippen LogP contribution in [0.3, 0.4) is 0 Å². The van der Waals surface area contributed by atoms with E-state index in [9.17, 15) is 0 Å². The second-order valence-corrected chi connectivity index (χ2v) is 4.30. The number of unbranched alkanes of at least 4 members (excludes halogenated alkanes) is 1. The van der Waals surface area contributed by atoms with E-state index in [-0.39, 0.29) is 5.88 Å². The van der Waals surface area contributed by atoms with Gasteiger partial charge in [-0.15, -0.1) is 0 Å². The van der Waals surface area contributed by atoms with Crippen molar-refractivity contribution in [3.63, 3.8) is 0 Å². The van der Waals surface area contributed by atoms with Crippen LogP contribution in [0.4, 0.5) is 5.88 Å². The molecule has 1 aromatic carbocycles. The monoisotopic (exact) mass is 240 g/mol. The van der Waals surface area contributed by atoms with Gasteiger partial charge in [-0.25, -0.2) is 0 Å². The molecule has 0 aliphatic carbocycles. The lowest BCUT2D eigenvalue weighted by Crippen LogP contribution is -1.87. The van der Waals surface area contributed by atoms with Crippen LogP contribution >= 0.6 is 0 Å². The van der Waals surface area contributed by atoms with Crippen LogP contribution in [0.1, 0.15) is 30.9 Å². The van der Waals surface area contributed by atoms with E-state index in [0.29, 0.717) is 5.56 Å². The molecule has 0 fully saturated rings. The molecule has 1 aromatic heterocycles. The number of rotatable bonds is 4. The van der Waals surface area contributed by atoms with Crippen LogP contribution in [-0.4, -0.2) is 0 Å². The summed E-state index contributed by atoms with van der Waals surface area (Å²) in [6.07, 6.45) is 5.02. The summed E-state index contributed by atoms with van der Waals surface area (Å²) in [4.78, 5) is 0. The minimum Gasteiger partial charge on any atom is -0.447 e. The lowest BCUT2D eigenvalue weighted by atomic mass is 10.0. The van der Waals surface area contributed by atoms with Crippen molar-refractivity contribution >= 4 is 5.88 Å². The van der Waals surface area contributed by atoms with Crippen molar-refractivity contribution < 1.29 is 4.42 Å². The summed E-state index contributed by atoms with van der Waals surface area (Å²) in [7, 11) is 0. The van der Waals surface area contributed by atoms with Crippen molar-refractivity contribution in [3.8, 4) is 17.2 Å². The number of hydrogen-bond donors (Lipinski definition) is 1. The fourth-order valence-electron chi connectivity index (χ4n) is 1.93. The average Bonchev–Trinajstić information content (AvgIpc) is 2.78. The highest BCUT2D eigenvalue weighted by atomic mass is 16.3. The third-order valence-electron chi connectivity index (χ3n) is 3.02. The fourth-order valence-corrected chi connectivity index (χ4v) is 1.93. The summed E-state index contributed by atoms with van der Waals surface area (Å²) < 4.78 is 5.09. The SMILES string of the molecule is CCCCc1ccc(-c2coc(N)c2C#N)cc1. The molecule has 2 aromatic rings. The minimum absolute atomic E-state index is 0.183. The summed E-state index contributed by atoms with van der Waals surface area (Å²) in [6, 6.07) is 10.3. The quantitative estimate of drug-likeness (QED) is 0.885. The van der Waals surface area contributed by atoms with Gasteiger partial charge in [0, 0.05) is 5.56 Å². The van der Waals surface area contributed by atoms with E-state index < -0.39 is 0 Å². The van der Waals surface area contributed by atoms with Gasteiger partial charge in [0.25, 0.3) is 0 Å². The molecule has 0 amide bonds. The van der Waals surface area contributed by atoms with Gasteiger partial charge in [0.1, 0.15) is 17.9 Å². The zero-order valence-electron chi connectivity index (χ0n) is 10.4. The van der Waals surface area contributed by atoms with Gasteiger partial charge < -0.3 is 10.2 Å².